The first-order valence-electron chi connectivity index (χ1n) is 8.37. The zero-order chi connectivity index (χ0) is 14.8. The van der Waals surface area contributed by atoms with Crippen LogP contribution in [0.25, 0.3) is 0 Å². The SMILES string of the molecule is CCCNC(C)(C#N)CCCCOC1CCCC(C)C1. The first-order valence-corrected chi connectivity index (χ1v) is 8.37. The molecule has 1 aliphatic carbocycles. The molecule has 1 rings (SSSR count). The molecule has 3 nitrogen and oxygen atoms in total. The van der Waals surface area contributed by atoms with E-state index in [4.69, 9.17) is 4.74 Å². The lowest BCUT2D eigenvalue weighted by Gasteiger charge is -2.27. The quantitative estimate of drug-likeness (QED) is 0.648. The Kier molecular flexibility index (Phi) is 8.18. The normalized spacial score (nSPS) is 25.9. The Hall–Kier alpha value is -0.590. The monoisotopic (exact) mass is 280 g/mol. The Balaban J connectivity index is 2.10. The van der Waals surface area contributed by atoms with E-state index in [1.165, 1.54) is 25.7 Å². The summed E-state index contributed by atoms with van der Waals surface area (Å²) in [4.78, 5) is 0. The Morgan fingerprint density at radius 2 is 2.15 bits per heavy atom. The topological polar surface area (TPSA) is 45.0 Å². The van der Waals surface area contributed by atoms with Crippen molar-refractivity contribution < 1.29 is 4.74 Å². The van der Waals surface area contributed by atoms with Crippen molar-refractivity contribution in [2.45, 2.75) is 83.8 Å². The van der Waals surface area contributed by atoms with Gasteiger partial charge in [-0.05, 0) is 57.9 Å². The van der Waals surface area contributed by atoms with Gasteiger partial charge in [-0.1, -0.05) is 26.7 Å². The summed E-state index contributed by atoms with van der Waals surface area (Å²) in [5.74, 6) is 0.828. The largest absolute Gasteiger partial charge is 0.378 e. The minimum atomic E-state index is -0.366. The van der Waals surface area contributed by atoms with Crippen LogP contribution in [0.1, 0.15) is 72.1 Å². The van der Waals surface area contributed by atoms with Gasteiger partial charge in [0, 0.05) is 6.61 Å². The summed E-state index contributed by atoms with van der Waals surface area (Å²) in [5.41, 5.74) is -0.366. The summed E-state index contributed by atoms with van der Waals surface area (Å²) in [6.45, 7) is 8.23. The minimum Gasteiger partial charge on any atom is -0.378 e. The van der Waals surface area contributed by atoms with Crippen LogP contribution in [-0.2, 0) is 4.74 Å². The van der Waals surface area contributed by atoms with Crippen LogP contribution < -0.4 is 5.32 Å². The highest BCUT2D eigenvalue weighted by Gasteiger charge is 2.22. The molecule has 0 saturated heterocycles. The van der Waals surface area contributed by atoms with E-state index in [1.54, 1.807) is 0 Å². The van der Waals surface area contributed by atoms with Gasteiger partial charge in [0.15, 0.2) is 0 Å². The highest BCUT2D eigenvalue weighted by molar-refractivity contribution is 5.03. The number of nitriles is 1. The van der Waals surface area contributed by atoms with Gasteiger partial charge in [0.25, 0.3) is 0 Å². The summed E-state index contributed by atoms with van der Waals surface area (Å²) >= 11 is 0. The predicted octanol–water partition coefficient (Wildman–Crippen LogP) is 4.03. The van der Waals surface area contributed by atoms with E-state index in [0.717, 1.165) is 44.8 Å². The van der Waals surface area contributed by atoms with Crippen molar-refractivity contribution in [3.05, 3.63) is 0 Å². The molecular weight excluding hydrogens is 248 g/mol. The van der Waals surface area contributed by atoms with Crippen molar-refractivity contribution >= 4 is 0 Å². The van der Waals surface area contributed by atoms with Crippen molar-refractivity contribution in [2.24, 2.45) is 5.92 Å². The average molecular weight is 280 g/mol. The molecule has 0 aliphatic heterocycles. The van der Waals surface area contributed by atoms with Crippen LogP contribution >= 0.6 is 0 Å². The summed E-state index contributed by atoms with van der Waals surface area (Å²) < 4.78 is 5.98. The van der Waals surface area contributed by atoms with Gasteiger partial charge < -0.3 is 4.74 Å². The Morgan fingerprint density at radius 3 is 2.80 bits per heavy atom. The number of hydrogen-bond donors (Lipinski definition) is 1. The van der Waals surface area contributed by atoms with Gasteiger partial charge in [-0.2, -0.15) is 5.26 Å². The van der Waals surface area contributed by atoms with Crippen LogP contribution in [0.4, 0.5) is 0 Å². The van der Waals surface area contributed by atoms with Gasteiger partial charge in [-0.15, -0.1) is 0 Å². The molecule has 3 unspecified atom stereocenters. The molecule has 116 valence electrons. The third kappa shape index (κ3) is 6.72. The fourth-order valence-corrected chi connectivity index (χ4v) is 2.95. The van der Waals surface area contributed by atoms with Crippen molar-refractivity contribution in [3.8, 4) is 6.07 Å². The number of hydrogen-bond acceptors (Lipinski definition) is 3. The van der Waals surface area contributed by atoms with Crippen molar-refractivity contribution in [1.82, 2.24) is 5.32 Å². The third-order valence-corrected chi connectivity index (χ3v) is 4.32. The van der Waals surface area contributed by atoms with E-state index in [2.05, 4.69) is 25.2 Å². The molecule has 0 amide bonds. The van der Waals surface area contributed by atoms with Gasteiger partial charge in [-0.3, -0.25) is 5.32 Å². The van der Waals surface area contributed by atoms with Gasteiger partial charge in [0.05, 0.1) is 12.2 Å². The maximum Gasteiger partial charge on any atom is 0.103 e. The molecule has 1 N–H and O–H groups in total. The Labute approximate surface area is 125 Å². The molecule has 1 aliphatic rings. The first-order chi connectivity index (χ1) is 9.59. The number of ether oxygens (including phenoxy) is 1. The molecular formula is C17H32N2O. The smallest absolute Gasteiger partial charge is 0.103 e. The molecule has 0 aromatic carbocycles. The van der Waals surface area contributed by atoms with E-state index < -0.39 is 0 Å². The lowest BCUT2D eigenvalue weighted by Crippen LogP contribution is -2.41. The van der Waals surface area contributed by atoms with Gasteiger partial charge >= 0.3 is 0 Å². The fourth-order valence-electron chi connectivity index (χ4n) is 2.95. The molecule has 0 bridgehead atoms. The minimum absolute atomic E-state index is 0.366. The number of rotatable bonds is 9. The highest BCUT2D eigenvalue weighted by Crippen LogP contribution is 2.25. The van der Waals surface area contributed by atoms with E-state index in [1.807, 2.05) is 6.92 Å². The second-order valence-corrected chi connectivity index (χ2v) is 6.59. The molecule has 0 heterocycles. The summed E-state index contributed by atoms with van der Waals surface area (Å²) in [6, 6.07) is 2.41. The van der Waals surface area contributed by atoms with Crippen molar-refractivity contribution in [2.75, 3.05) is 13.2 Å². The Morgan fingerprint density at radius 1 is 1.35 bits per heavy atom. The van der Waals surface area contributed by atoms with E-state index in [-0.39, 0.29) is 5.54 Å². The fraction of sp³-hybridized carbons (Fsp3) is 0.941. The van der Waals surface area contributed by atoms with Crippen molar-refractivity contribution in [1.29, 1.82) is 5.26 Å². The Bertz CT molecular complexity index is 300. The third-order valence-electron chi connectivity index (χ3n) is 4.32. The molecule has 1 fully saturated rings. The highest BCUT2D eigenvalue weighted by atomic mass is 16.5. The molecule has 0 aromatic rings. The van der Waals surface area contributed by atoms with Crippen LogP contribution in [-0.4, -0.2) is 24.8 Å². The molecule has 3 atom stereocenters. The van der Waals surface area contributed by atoms with Crippen LogP contribution in [0.3, 0.4) is 0 Å². The zero-order valence-corrected chi connectivity index (χ0v) is 13.6. The lowest BCUT2D eigenvalue weighted by molar-refractivity contribution is 0.0134. The number of nitrogens with zero attached hydrogens (tertiary/aromatic N) is 1. The van der Waals surface area contributed by atoms with Crippen LogP contribution in [0, 0.1) is 17.2 Å². The second kappa shape index (κ2) is 9.37. The summed E-state index contributed by atoms with van der Waals surface area (Å²) in [5, 5.41) is 12.6. The molecule has 0 spiro atoms. The average Bonchev–Trinajstić information content (AvgIpc) is 2.45. The summed E-state index contributed by atoms with van der Waals surface area (Å²) in [6.07, 6.45) is 9.74. The van der Waals surface area contributed by atoms with Gasteiger partial charge in [0.2, 0.25) is 0 Å². The molecule has 20 heavy (non-hydrogen) atoms. The molecule has 0 radical (unpaired) electrons. The lowest BCUT2D eigenvalue weighted by atomic mass is 9.89. The van der Waals surface area contributed by atoms with Gasteiger partial charge in [-0.25, -0.2) is 0 Å². The van der Waals surface area contributed by atoms with Crippen LogP contribution in [0.15, 0.2) is 0 Å². The number of nitrogens with one attached hydrogen (secondary N) is 1. The van der Waals surface area contributed by atoms with Crippen molar-refractivity contribution in [3.63, 3.8) is 0 Å². The molecule has 3 heteroatoms. The standard InChI is InChI=1S/C17H32N2O/c1-4-11-19-17(3,14-18)10-5-6-12-20-16-9-7-8-15(2)13-16/h15-16,19H,4-13H2,1-3H3. The maximum atomic E-state index is 9.26. The van der Waals surface area contributed by atoms with Crippen LogP contribution in [0.2, 0.25) is 0 Å². The van der Waals surface area contributed by atoms with E-state index in [9.17, 15) is 5.26 Å². The number of unbranched alkanes of at least 4 members (excludes halogenated alkanes) is 1. The second-order valence-electron chi connectivity index (χ2n) is 6.59. The maximum absolute atomic E-state index is 9.26. The van der Waals surface area contributed by atoms with Gasteiger partial charge in [0.1, 0.15) is 5.54 Å². The predicted molar refractivity (Wildman–Crippen MR) is 83.5 cm³/mol. The van der Waals surface area contributed by atoms with E-state index in [0.29, 0.717) is 6.10 Å². The zero-order valence-electron chi connectivity index (χ0n) is 13.6. The first kappa shape index (κ1) is 17.5. The van der Waals surface area contributed by atoms with Crippen LogP contribution in [0.5, 0.6) is 0 Å². The molecule has 0 aromatic heterocycles. The van der Waals surface area contributed by atoms with E-state index >= 15 is 0 Å². The summed E-state index contributed by atoms with van der Waals surface area (Å²) in [7, 11) is 0. The molecule has 1 saturated carbocycles.